The van der Waals surface area contributed by atoms with Gasteiger partial charge in [0.1, 0.15) is 0 Å². The predicted octanol–water partition coefficient (Wildman–Crippen LogP) is 2.24. The molecule has 4 heterocycles. The lowest BCUT2D eigenvalue weighted by atomic mass is 10.2. The SMILES string of the molecule is Cn1c(/C(=N/O)c2ccccn2)nc2c1c(=O)n(Cc1cc3c(Cl)cccc3[nH]1)c(=O)n2C. The van der Waals surface area contributed by atoms with E-state index in [-0.39, 0.29) is 29.2 Å². The van der Waals surface area contributed by atoms with Gasteiger partial charge >= 0.3 is 5.69 Å². The lowest BCUT2D eigenvalue weighted by Gasteiger charge is -2.08. The fourth-order valence-electron chi connectivity index (χ4n) is 3.94. The minimum Gasteiger partial charge on any atom is -0.410 e. The second kappa shape index (κ2) is 7.75. The largest absolute Gasteiger partial charge is 0.410 e. The molecule has 0 amide bonds. The van der Waals surface area contributed by atoms with Crippen molar-refractivity contribution in [2.45, 2.75) is 6.54 Å². The smallest absolute Gasteiger partial charge is 0.332 e. The molecular formula is C22H18ClN7O3. The maximum Gasteiger partial charge on any atom is 0.332 e. The summed E-state index contributed by atoms with van der Waals surface area (Å²) in [5.74, 6) is 0.202. The number of rotatable bonds is 4. The van der Waals surface area contributed by atoms with E-state index in [4.69, 9.17) is 11.6 Å². The number of benzene rings is 1. The van der Waals surface area contributed by atoms with Crippen LogP contribution >= 0.6 is 11.6 Å². The van der Waals surface area contributed by atoms with Crippen molar-refractivity contribution < 1.29 is 5.21 Å². The number of hydrogen-bond acceptors (Lipinski definition) is 6. The summed E-state index contributed by atoms with van der Waals surface area (Å²) in [5.41, 5.74) is 1.25. The monoisotopic (exact) mass is 463 g/mol. The highest BCUT2D eigenvalue weighted by atomic mass is 35.5. The number of hydrogen-bond donors (Lipinski definition) is 2. The van der Waals surface area contributed by atoms with Gasteiger partial charge in [-0.1, -0.05) is 28.9 Å². The van der Waals surface area contributed by atoms with Gasteiger partial charge in [-0.3, -0.25) is 18.9 Å². The van der Waals surface area contributed by atoms with Gasteiger partial charge in [0.15, 0.2) is 22.7 Å². The highest BCUT2D eigenvalue weighted by Crippen LogP contribution is 2.24. The molecule has 0 spiro atoms. The number of aromatic amines is 1. The molecule has 0 fully saturated rings. The van der Waals surface area contributed by atoms with E-state index in [2.05, 4.69) is 20.1 Å². The number of nitrogens with zero attached hydrogens (tertiary/aromatic N) is 6. The molecule has 0 saturated heterocycles. The van der Waals surface area contributed by atoms with Crippen LogP contribution in [0.5, 0.6) is 0 Å². The Kier molecular flexibility index (Phi) is 4.86. The van der Waals surface area contributed by atoms with E-state index in [0.29, 0.717) is 16.4 Å². The zero-order valence-corrected chi connectivity index (χ0v) is 18.4. The number of nitrogens with one attached hydrogen (secondary N) is 1. The fourth-order valence-corrected chi connectivity index (χ4v) is 4.17. The van der Waals surface area contributed by atoms with Crippen molar-refractivity contribution in [1.82, 2.24) is 28.7 Å². The average molecular weight is 464 g/mol. The van der Waals surface area contributed by atoms with Crippen molar-refractivity contribution in [2.75, 3.05) is 0 Å². The molecule has 4 aromatic heterocycles. The first-order valence-corrected chi connectivity index (χ1v) is 10.3. The molecule has 1 aromatic carbocycles. The van der Waals surface area contributed by atoms with Gasteiger partial charge in [-0.2, -0.15) is 0 Å². The van der Waals surface area contributed by atoms with Crippen LogP contribution in [-0.4, -0.2) is 39.6 Å². The lowest BCUT2D eigenvalue weighted by molar-refractivity contribution is 0.319. The standard InChI is InChI=1S/C22H18ClN7O3/c1-28-18-20(26-19(28)17(27-33)16-7-3-4-9-24-16)29(2)22(32)30(21(18)31)11-12-10-13-14(23)6-5-8-15(13)25-12/h3-10,25,33H,11H2,1-2H3/b27-17+. The number of pyridine rings is 1. The van der Waals surface area contributed by atoms with E-state index in [1.807, 2.05) is 18.2 Å². The molecule has 0 aliphatic heterocycles. The van der Waals surface area contributed by atoms with Gasteiger partial charge in [0.25, 0.3) is 5.56 Å². The predicted molar refractivity (Wildman–Crippen MR) is 124 cm³/mol. The van der Waals surface area contributed by atoms with Crippen LogP contribution in [0.15, 0.2) is 63.4 Å². The molecule has 0 aliphatic carbocycles. The minimum atomic E-state index is -0.526. The first-order valence-electron chi connectivity index (χ1n) is 9.97. The molecule has 166 valence electrons. The average Bonchev–Trinajstić information content (AvgIpc) is 3.39. The number of imidazole rings is 1. The second-order valence-electron chi connectivity index (χ2n) is 7.56. The first kappa shape index (κ1) is 20.7. The Morgan fingerprint density at radius 2 is 1.97 bits per heavy atom. The first-order chi connectivity index (χ1) is 15.9. The summed E-state index contributed by atoms with van der Waals surface area (Å²) in [4.78, 5) is 38.3. The molecule has 0 atom stereocenters. The second-order valence-corrected chi connectivity index (χ2v) is 7.97. The third kappa shape index (κ3) is 3.23. The van der Waals surface area contributed by atoms with E-state index in [1.165, 1.54) is 16.2 Å². The Morgan fingerprint density at radius 1 is 1.15 bits per heavy atom. The van der Waals surface area contributed by atoms with Gasteiger partial charge in [-0.25, -0.2) is 9.78 Å². The van der Waals surface area contributed by atoms with Crippen molar-refractivity contribution in [1.29, 1.82) is 0 Å². The molecule has 0 bridgehead atoms. The number of aromatic nitrogens is 6. The lowest BCUT2D eigenvalue weighted by Crippen LogP contribution is -2.39. The Bertz CT molecular complexity index is 1680. The van der Waals surface area contributed by atoms with Crippen LogP contribution < -0.4 is 11.2 Å². The zero-order valence-electron chi connectivity index (χ0n) is 17.7. The number of fused-ring (bicyclic) bond motifs is 2. The Labute approximate surface area is 191 Å². The van der Waals surface area contributed by atoms with Crippen molar-refractivity contribution in [3.8, 4) is 0 Å². The quantitative estimate of drug-likeness (QED) is 0.240. The van der Waals surface area contributed by atoms with Gasteiger partial charge in [0.2, 0.25) is 0 Å². The maximum absolute atomic E-state index is 13.4. The minimum absolute atomic E-state index is 0.0220. The molecule has 10 nitrogen and oxygen atoms in total. The summed E-state index contributed by atoms with van der Waals surface area (Å²) >= 11 is 6.25. The van der Waals surface area contributed by atoms with E-state index < -0.39 is 11.2 Å². The molecule has 11 heteroatoms. The summed E-state index contributed by atoms with van der Waals surface area (Å²) < 4.78 is 3.92. The fraction of sp³-hybridized carbons (Fsp3) is 0.136. The normalized spacial score (nSPS) is 12.2. The van der Waals surface area contributed by atoms with Crippen LogP contribution in [0.4, 0.5) is 0 Å². The highest BCUT2D eigenvalue weighted by Gasteiger charge is 2.23. The molecule has 33 heavy (non-hydrogen) atoms. The van der Waals surface area contributed by atoms with E-state index in [1.54, 1.807) is 37.5 Å². The number of H-pyrrole nitrogens is 1. The van der Waals surface area contributed by atoms with Crippen molar-refractivity contribution in [3.05, 3.63) is 91.7 Å². The van der Waals surface area contributed by atoms with Gasteiger partial charge in [0, 0.05) is 41.9 Å². The zero-order chi connectivity index (χ0) is 23.3. The Morgan fingerprint density at radius 3 is 2.67 bits per heavy atom. The molecule has 5 aromatic rings. The Balaban J connectivity index is 1.69. The third-order valence-corrected chi connectivity index (χ3v) is 5.90. The molecule has 0 aliphatic rings. The van der Waals surface area contributed by atoms with Gasteiger partial charge in [-0.15, -0.1) is 0 Å². The molecule has 2 N–H and O–H groups in total. The van der Waals surface area contributed by atoms with Crippen LogP contribution in [0, 0.1) is 0 Å². The summed E-state index contributed by atoms with van der Waals surface area (Å²) in [5, 5.41) is 14.4. The van der Waals surface area contributed by atoms with Crippen molar-refractivity contribution in [3.63, 3.8) is 0 Å². The van der Waals surface area contributed by atoms with Crippen LogP contribution in [-0.2, 0) is 20.6 Å². The summed E-state index contributed by atoms with van der Waals surface area (Å²) in [6.45, 7) is 0.0220. The molecular weight excluding hydrogens is 446 g/mol. The summed E-state index contributed by atoms with van der Waals surface area (Å²) in [7, 11) is 3.16. The number of oxime groups is 1. The van der Waals surface area contributed by atoms with Crippen molar-refractivity contribution >= 4 is 39.4 Å². The Hall–Kier alpha value is -4.18. The molecule has 0 radical (unpaired) electrons. The number of aryl methyl sites for hydroxylation is 2. The summed E-state index contributed by atoms with van der Waals surface area (Å²) in [6, 6.07) is 12.4. The topological polar surface area (TPSA) is 123 Å². The molecule has 5 rings (SSSR count). The van der Waals surface area contributed by atoms with E-state index in [9.17, 15) is 14.8 Å². The van der Waals surface area contributed by atoms with Gasteiger partial charge < -0.3 is 14.8 Å². The number of halogens is 1. The highest BCUT2D eigenvalue weighted by molar-refractivity contribution is 6.35. The van der Waals surface area contributed by atoms with Crippen LogP contribution in [0.1, 0.15) is 17.2 Å². The van der Waals surface area contributed by atoms with Crippen molar-refractivity contribution in [2.24, 2.45) is 19.3 Å². The molecule has 0 saturated carbocycles. The van der Waals surface area contributed by atoms with Gasteiger partial charge in [0.05, 0.1) is 12.2 Å². The van der Waals surface area contributed by atoms with E-state index in [0.717, 1.165) is 15.5 Å². The summed E-state index contributed by atoms with van der Waals surface area (Å²) in [6.07, 6.45) is 1.55. The maximum atomic E-state index is 13.4. The van der Waals surface area contributed by atoms with Crippen LogP contribution in [0.3, 0.4) is 0 Å². The van der Waals surface area contributed by atoms with Crippen LogP contribution in [0.2, 0.25) is 5.02 Å². The van der Waals surface area contributed by atoms with Crippen LogP contribution in [0.25, 0.3) is 22.1 Å². The third-order valence-electron chi connectivity index (χ3n) is 5.57. The van der Waals surface area contributed by atoms with E-state index >= 15 is 0 Å². The van der Waals surface area contributed by atoms with Gasteiger partial charge in [-0.05, 0) is 30.3 Å². The molecule has 0 unspecified atom stereocenters.